The van der Waals surface area contributed by atoms with Gasteiger partial charge in [0.25, 0.3) is 0 Å². The molecule has 0 amide bonds. The number of rotatable bonds is 5. The molecule has 20 heavy (non-hydrogen) atoms. The predicted molar refractivity (Wildman–Crippen MR) is 79.7 cm³/mol. The van der Waals surface area contributed by atoms with Crippen molar-refractivity contribution in [2.24, 2.45) is 0 Å². The van der Waals surface area contributed by atoms with E-state index in [1.807, 2.05) is 17.0 Å². The van der Waals surface area contributed by atoms with Crippen molar-refractivity contribution in [3.05, 3.63) is 36.3 Å². The van der Waals surface area contributed by atoms with Crippen LogP contribution in [0.1, 0.15) is 45.6 Å². The molecule has 0 aromatic carbocycles. The Balaban J connectivity index is 2.19. The summed E-state index contributed by atoms with van der Waals surface area (Å²) in [5, 5.41) is 3.42. The smallest absolute Gasteiger partial charge is 0.156 e. The number of hydrogen-bond donors (Lipinski definition) is 1. The monoisotopic (exact) mass is 273 g/mol. The van der Waals surface area contributed by atoms with Gasteiger partial charge in [0.1, 0.15) is 5.82 Å². The minimum Gasteiger partial charge on any atom is -0.306 e. The number of nitrogens with one attached hydrogen (secondary N) is 1. The van der Waals surface area contributed by atoms with E-state index in [4.69, 9.17) is 0 Å². The van der Waals surface area contributed by atoms with E-state index in [1.165, 1.54) is 0 Å². The lowest BCUT2D eigenvalue weighted by Gasteiger charge is -2.20. The molecule has 0 atom stereocenters. The summed E-state index contributed by atoms with van der Waals surface area (Å²) in [5.74, 6) is 1.86. The highest BCUT2D eigenvalue weighted by molar-refractivity contribution is 5.22. The predicted octanol–water partition coefficient (Wildman–Crippen LogP) is 2.50. The quantitative estimate of drug-likeness (QED) is 0.909. The summed E-state index contributed by atoms with van der Waals surface area (Å²) in [6.07, 6.45) is 9.34. The third-order valence-corrected chi connectivity index (χ3v) is 2.91. The molecule has 0 aliphatic carbocycles. The molecule has 0 unspecified atom stereocenters. The first-order valence-corrected chi connectivity index (χ1v) is 7.08. The van der Waals surface area contributed by atoms with Crippen LogP contribution in [0, 0.1) is 0 Å². The fourth-order valence-electron chi connectivity index (χ4n) is 1.90. The highest BCUT2D eigenvalue weighted by Gasteiger charge is 2.10. The van der Waals surface area contributed by atoms with Crippen LogP contribution in [0.4, 0.5) is 0 Å². The van der Waals surface area contributed by atoms with Gasteiger partial charge in [-0.05, 0) is 27.2 Å². The van der Waals surface area contributed by atoms with Crippen molar-refractivity contribution in [1.29, 1.82) is 0 Å². The highest BCUT2D eigenvalue weighted by atomic mass is 15.1. The van der Waals surface area contributed by atoms with Gasteiger partial charge in [-0.2, -0.15) is 0 Å². The van der Waals surface area contributed by atoms with Gasteiger partial charge in [-0.1, -0.05) is 6.92 Å². The van der Waals surface area contributed by atoms with E-state index in [9.17, 15) is 0 Å². The summed E-state index contributed by atoms with van der Waals surface area (Å²) < 4.78 is 2.01. The standard InChI is InChI=1S/C15H23N5/c1-5-6-13-17-7-8-20(13)14-11-16-9-12(19-14)10-18-15(2,3)4/h7-9,11,18H,5-6,10H2,1-4H3. The Bertz CT molecular complexity index is 553. The summed E-state index contributed by atoms with van der Waals surface area (Å²) in [6.45, 7) is 9.27. The maximum absolute atomic E-state index is 4.66. The topological polar surface area (TPSA) is 55.6 Å². The normalized spacial score (nSPS) is 11.8. The van der Waals surface area contributed by atoms with Crippen LogP contribution in [0.2, 0.25) is 0 Å². The lowest BCUT2D eigenvalue weighted by atomic mass is 10.1. The van der Waals surface area contributed by atoms with Gasteiger partial charge < -0.3 is 5.32 Å². The molecule has 0 radical (unpaired) electrons. The molecule has 108 valence electrons. The van der Waals surface area contributed by atoms with Crippen molar-refractivity contribution in [2.45, 2.75) is 52.6 Å². The maximum atomic E-state index is 4.66. The minimum absolute atomic E-state index is 0.0695. The van der Waals surface area contributed by atoms with E-state index >= 15 is 0 Å². The van der Waals surface area contributed by atoms with Crippen LogP contribution in [-0.2, 0) is 13.0 Å². The van der Waals surface area contributed by atoms with Gasteiger partial charge in [0, 0.05) is 37.1 Å². The molecule has 0 aliphatic heterocycles. The van der Waals surface area contributed by atoms with E-state index in [0.29, 0.717) is 6.54 Å². The van der Waals surface area contributed by atoms with Gasteiger partial charge in [-0.3, -0.25) is 9.55 Å². The SMILES string of the molecule is CCCc1nccn1-c1cncc(CNC(C)(C)C)n1. The Morgan fingerprint density at radius 1 is 1.25 bits per heavy atom. The van der Waals surface area contributed by atoms with Gasteiger partial charge in [0.15, 0.2) is 5.82 Å². The first-order valence-electron chi connectivity index (χ1n) is 7.08. The Kier molecular flexibility index (Phi) is 4.49. The molecule has 5 nitrogen and oxygen atoms in total. The third kappa shape index (κ3) is 3.87. The number of aromatic nitrogens is 4. The number of imidazole rings is 1. The summed E-state index contributed by atoms with van der Waals surface area (Å²) in [6, 6.07) is 0. The second kappa shape index (κ2) is 6.13. The van der Waals surface area contributed by atoms with Crippen LogP contribution in [0.25, 0.3) is 5.82 Å². The first kappa shape index (κ1) is 14.7. The molecule has 2 aromatic rings. The zero-order valence-corrected chi connectivity index (χ0v) is 12.7. The number of hydrogen-bond acceptors (Lipinski definition) is 4. The van der Waals surface area contributed by atoms with E-state index in [0.717, 1.165) is 30.2 Å². The molecule has 2 rings (SSSR count). The van der Waals surface area contributed by atoms with Crippen molar-refractivity contribution in [2.75, 3.05) is 0 Å². The molecule has 0 aliphatic rings. The summed E-state index contributed by atoms with van der Waals surface area (Å²) in [5.41, 5.74) is 1.01. The van der Waals surface area contributed by atoms with Crippen LogP contribution in [0.3, 0.4) is 0 Å². The average Bonchev–Trinajstić information content (AvgIpc) is 2.85. The molecular formula is C15H23N5. The van der Waals surface area contributed by atoms with Crippen molar-refractivity contribution in [3.8, 4) is 5.82 Å². The molecule has 5 heteroatoms. The Morgan fingerprint density at radius 2 is 2.05 bits per heavy atom. The molecule has 0 saturated carbocycles. The number of nitrogens with zero attached hydrogens (tertiary/aromatic N) is 4. The Labute approximate surface area is 120 Å². The summed E-state index contributed by atoms with van der Waals surface area (Å²) in [4.78, 5) is 13.3. The molecular weight excluding hydrogens is 250 g/mol. The van der Waals surface area contributed by atoms with Crippen molar-refractivity contribution in [3.63, 3.8) is 0 Å². The Hall–Kier alpha value is -1.75. The Morgan fingerprint density at radius 3 is 2.75 bits per heavy atom. The van der Waals surface area contributed by atoms with Crippen LogP contribution < -0.4 is 5.32 Å². The van der Waals surface area contributed by atoms with Crippen LogP contribution in [0.15, 0.2) is 24.8 Å². The molecule has 2 aromatic heterocycles. The second-order valence-corrected chi connectivity index (χ2v) is 5.94. The molecule has 0 fully saturated rings. The lowest BCUT2D eigenvalue weighted by molar-refractivity contribution is 0.420. The van der Waals surface area contributed by atoms with E-state index < -0.39 is 0 Å². The zero-order chi connectivity index (χ0) is 14.6. The average molecular weight is 273 g/mol. The minimum atomic E-state index is 0.0695. The fourth-order valence-corrected chi connectivity index (χ4v) is 1.90. The van der Waals surface area contributed by atoms with Gasteiger partial charge in [0.05, 0.1) is 11.9 Å². The fraction of sp³-hybridized carbons (Fsp3) is 0.533. The summed E-state index contributed by atoms with van der Waals surface area (Å²) in [7, 11) is 0. The zero-order valence-electron chi connectivity index (χ0n) is 12.7. The molecule has 0 bridgehead atoms. The molecule has 0 saturated heterocycles. The highest BCUT2D eigenvalue weighted by Crippen LogP contribution is 2.10. The van der Waals surface area contributed by atoms with E-state index in [1.54, 1.807) is 12.4 Å². The second-order valence-electron chi connectivity index (χ2n) is 5.94. The van der Waals surface area contributed by atoms with Gasteiger partial charge in [-0.25, -0.2) is 9.97 Å². The molecule has 2 heterocycles. The summed E-state index contributed by atoms with van der Waals surface area (Å²) >= 11 is 0. The van der Waals surface area contributed by atoms with Gasteiger partial charge in [-0.15, -0.1) is 0 Å². The first-order chi connectivity index (χ1) is 9.49. The van der Waals surface area contributed by atoms with Crippen LogP contribution in [0.5, 0.6) is 0 Å². The maximum Gasteiger partial charge on any atom is 0.156 e. The third-order valence-electron chi connectivity index (χ3n) is 2.91. The number of aryl methyl sites for hydroxylation is 1. The van der Waals surface area contributed by atoms with E-state index in [2.05, 4.69) is 48.0 Å². The largest absolute Gasteiger partial charge is 0.306 e. The van der Waals surface area contributed by atoms with E-state index in [-0.39, 0.29) is 5.54 Å². The lowest BCUT2D eigenvalue weighted by Crippen LogP contribution is -2.35. The van der Waals surface area contributed by atoms with Crippen molar-refractivity contribution in [1.82, 2.24) is 24.8 Å². The van der Waals surface area contributed by atoms with Crippen molar-refractivity contribution >= 4 is 0 Å². The van der Waals surface area contributed by atoms with Crippen LogP contribution >= 0.6 is 0 Å². The molecule has 1 N–H and O–H groups in total. The molecule has 0 spiro atoms. The van der Waals surface area contributed by atoms with Gasteiger partial charge >= 0.3 is 0 Å². The van der Waals surface area contributed by atoms with Crippen LogP contribution in [-0.4, -0.2) is 25.1 Å². The van der Waals surface area contributed by atoms with Gasteiger partial charge in [0.2, 0.25) is 0 Å². The van der Waals surface area contributed by atoms with Crippen molar-refractivity contribution < 1.29 is 0 Å².